The Bertz CT molecular complexity index is 1440. The Morgan fingerprint density at radius 2 is 1.50 bits per heavy atom. The Morgan fingerprint density at radius 3 is 2.18 bits per heavy atom. The molecule has 0 N–H and O–H groups in total. The number of anilines is 1. The second-order valence-electron chi connectivity index (χ2n) is 9.32. The summed E-state index contributed by atoms with van der Waals surface area (Å²) in [5.74, 6) is 2.14. The largest absolute Gasteiger partial charge is 0.457 e. The van der Waals surface area contributed by atoms with Gasteiger partial charge in [-0.2, -0.15) is 4.31 Å². The average Bonchev–Trinajstić information content (AvgIpc) is 2.97. The Balaban J connectivity index is 1.22. The Morgan fingerprint density at radius 1 is 0.816 bits per heavy atom. The SMILES string of the molecule is CCCCc1ccc(S(=O)(=O)N2CCN(c3nccc(-c4ccc(Oc5ccccc5)cc4)n3)CC2)cc1. The summed E-state index contributed by atoms with van der Waals surface area (Å²) in [5.41, 5.74) is 2.93. The Hall–Kier alpha value is -3.75. The van der Waals surface area contributed by atoms with Gasteiger partial charge in [-0.25, -0.2) is 18.4 Å². The lowest BCUT2D eigenvalue weighted by atomic mass is 10.1. The van der Waals surface area contributed by atoms with E-state index in [1.54, 1.807) is 22.6 Å². The maximum Gasteiger partial charge on any atom is 0.243 e. The van der Waals surface area contributed by atoms with Crippen molar-refractivity contribution < 1.29 is 13.2 Å². The van der Waals surface area contributed by atoms with Gasteiger partial charge < -0.3 is 9.64 Å². The zero-order valence-electron chi connectivity index (χ0n) is 21.5. The number of unbranched alkanes of at least 4 members (excludes halogenated alkanes) is 1. The summed E-state index contributed by atoms with van der Waals surface area (Å²) in [6, 6.07) is 26.6. The van der Waals surface area contributed by atoms with E-state index < -0.39 is 10.0 Å². The first-order chi connectivity index (χ1) is 18.5. The molecule has 0 unspecified atom stereocenters. The Kier molecular flexibility index (Phi) is 8.00. The predicted octanol–water partition coefficient (Wildman–Crippen LogP) is 5.79. The first-order valence-electron chi connectivity index (χ1n) is 13.0. The van der Waals surface area contributed by atoms with E-state index in [2.05, 4.69) is 11.9 Å². The topological polar surface area (TPSA) is 75.6 Å². The molecule has 0 radical (unpaired) electrons. The minimum Gasteiger partial charge on any atom is -0.457 e. The number of aromatic nitrogens is 2. The highest BCUT2D eigenvalue weighted by atomic mass is 32.2. The molecular weight excluding hydrogens is 496 g/mol. The fourth-order valence-electron chi connectivity index (χ4n) is 4.47. The predicted molar refractivity (Wildman–Crippen MR) is 150 cm³/mol. The van der Waals surface area contributed by atoms with Crippen LogP contribution >= 0.6 is 0 Å². The fraction of sp³-hybridized carbons (Fsp3) is 0.267. The van der Waals surface area contributed by atoms with E-state index in [0.717, 1.165) is 42.0 Å². The molecule has 0 atom stereocenters. The van der Waals surface area contributed by atoms with Gasteiger partial charge in [-0.05, 0) is 73.0 Å². The van der Waals surface area contributed by atoms with Gasteiger partial charge in [-0.15, -0.1) is 0 Å². The summed E-state index contributed by atoms with van der Waals surface area (Å²) in [6.45, 7) is 3.99. The van der Waals surface area contributed by atoms with Gasteiger partial charge in [0.25, 0.3) is 0 Å². The first kappa shape index (κ1) is 25.9. The first-order valence-corrected chi connectivity index (χ1v) is 14.5. The zero-order valence-corrected chi connectivity index (χ0v) is 22.3. The lowest BCUT2D eigenvalue weighted by Gasteiger charge is -2.34. The van der Waals surface area contributed by atoms with Gasteiger partial charge >= 0.3 is 0 Å². The normalized spacial score (nSPS) is 14.4. The quantitative estimate of drug-likeness (QED) is 0.274. The van der Waals surface area contributed by atoms with Crippen LogP contribution in [0.5, 0.6) is 11.5 Å². The molecule has 1 aromatic heterocycles. The average molecular weight is 529 g/mol. The molecule has 0 aliphatic carbocycles. The molecule has 7 nitrogen and oxygen atoms in total. The molecule has 38 heavy (non-hydrogen) atoms. The van der Waals surface area contributed by atoms with Gasteiger partial charge in [0.05, 0.1) is 10.6 Å². The molecule has 1 aliphatic heterocycles. The third kappa shape index (κ3) is 6.03. The molecule has 5 rings (SSSR count). The lowest BCUT2D eigenvalue weighted by molar-refractivity contribution is 0.382. The summed E-state index contributed by atoms with van der Waals surface area (Å²) in [5, 5.41) is 0. The number of hydrogen-bond acceptors (Lipinski definition) is 6. The molecule has 3 aromatic carbocycles. The number of ether oxygens (including phenoxy) is 1. The van der Waals surface area contributed by atoms with Gasteiger partial charge in [0, 0.05) is 37.9 Å². The number of para-hydroxylation sites is 1. The molecule has 8 heteroatoms. The second kappa shape index (κ2) is 11.8. The van der Waals surface area contributed by atoms with Crippen LogP contribution in [-0.2, 0) is 16.4 Å². The van der Waals surface area contributed by atoms with Gasteiger partial charge in [-0.1, -0.05) is 43.7 Å². The van der Waals surface area contributed by atoms with Gasteiger partial charge in [-0.3, -0.25) is 0 Å². The smallest absolute Gasteiger partial charge is 0.243 e. The van der Waals surface area contributed by atoms with Crippen molar-refractivity contribution in [3.63, 3.8) is 0 Å². The van der Waals surface area contributed by atoms with Crippen molar-refractivity contribution in [3.8, 4) is 22.8 Å². The maximum atomic E-state index is 13.2. The van der Waals surface area contributed by atoms with Crippen molar-refractivity contribution in [2.75, 3.05) is 31.1 Å². The van der Waals surface area contributed by atoms with Crippen molar-refractivity contribution in [1.82, 2.24) is 14.3 Å². The van der Waals surface area contributed by atoms with Gasteiger partial charge in [0.15, 0.2) is 0 Å². The number of aryl methyl sites for hydroxylation is 1. The van der Waals surface area contributed by atoms with Crippen molar-refractivity contribution in [2.45, 2.75) is 31.1 Å². The third-order valence-corrected chi connectivity index (χ3v) is 8.59. The van der Waals surface area contributed by atoms with E-state index in [1.165, 1.54) is 5.56 Å². The minimum absolute atomic E-state index is 0.351. The molecule has 0 spiro atoms. The molecule has 0 saturated carbocycles. The van der Waals surface area contributed by atoms with Crippen LogP contribution in [0.1, 0.15) is 25.3 Å². The number of rotatable bonds is 9. The lowest BCUT2D eigenvalue weighted by Crippen LogP contribution is -2.49. The van der Waals surface area contributed by atoms with E-state index in [4.69, 9.17) is 9.72 Å². The minimum atomic E-state index is -3.53. The molecule has 0 amide bonds. The second-order valence-corrected chi connectivity index (χ2v) is 11.3. The van der Waals surface area contributed by atoms with Gasteiger partial charge in [0.2, 0.25) is 16.0 Å². The van der Waals surface area contributed by atoms with Crippen molar-refractivity contribution >= 4 is 16.0 Å². The van der Waals surface area contributed by atoms with E-state index in [9.17, 15) is 8.42 Å². The highest BCUT2D eigenvalue weighted by Crippen LogP contribution is 2.26. The molecule has 4 aromatic rings. The molecular formula is C30H32N4O3S. The summed E-state index contributed by atoms with van der Waals surface area (Å²) in [6.07, 6.45) is 4.94. The van der Waals surface area contributed by atoms with Crippen LogP contribution < -0.4 is 9.64 Å². The summed E-state index contributed by atoms with van der Waals surface area (Å²) in [4.78, 5) is 11.6. The van der Waals surface area contributed by atoms with E-state index in [-0.39, 0.29) is 0 Å². The molecule has 196 valence electrons. The summed E-state index contributed by atoms with van der Waals surface area (Å²) >= 11 is 0. The van der Waals surface area contributed by atoms with E-state index >= 15 is 0 Å². The number of nitrogens with zero attached hydrogens (tertiary/aromatic N) is 4. The molecule has 1 fully saturated rings. The number of sulfonamides is 1. The highest BCUT2D eigenvalue weighted by molar-refractivity contribution is 7.89. The van der Waals surface area contributed by atoms with Crippen LogP contribution in [-0.4, -0.2) is 48.9 Å². The monoisotopic (exact) mass is 528 g/mol. The number of hydrogen-bond donors (Lipinski definition) is 0. The van der Waals surface area contributed by atoms with Crippen molar-refractivity contribution in [1.29, 1.82) is 0 Å². The molecule has 1 aliphatic rings. The van der Waals surface area contributed by atoms with Crippen LogP contribution in [0.3, 0.4) is 0 Å². The number of benzene rings is 3. The van der Waals surface area contributed by atoms with Crippen LogP contribution in [0, 0.1) is 0 Å². The zero-order chi connectivity index (χ0) is 26.4. The Labute approximate surface area is 224 Å². The van der Waals surface area contributed by atoms with Crippen LogP contribution in [0.4, 0.5) is 5.95 Å². The third-order valence-electron chi connectivity index (χ3n) is 6.67. The molecule has 2 heterocycles. The van der Waals surface area contributed by atoms with Crippen LogP contribution in [0.2, 0.25) is 0 Å². The van der Waals surface area contributed by atoms with E-state index in [0.29, 0.717) is 37.0 Å². The molecule has 0 bridgehead atoms. The summed E-state index contributed by atoms with van der Waals surface area (Å²) < 4.78 is 33.8. The van der Waals surface area contributed by atoms with E-state index in [1.807, 2.05) is 77.7 Å². The van der Waals surface area contributed by atoms with Crippen LogP contribution in [0.25, 0.3) is 11.3 Å². The van der Waals surface area contributed by atoms with Crippen LogP contribution in [0.15, 0.2) is 96.0 Å². The molecule has 1 saturated heterocycles. The van der Waals surface area contributed by atoms with Crippen molar-refractivity contribution in [2.24, 2.45) is 0 Å². The van der Waals surface area contributed by atoms with Crippen molar-refractivity contribution in [3.05, 3.63) is 96.7 Å². The number of piperazine rings is 1. The van der Waals surface area contributed by atoms with Gasteiger partial charge in [0.1, 0.15) is 11.5 Å². The fourth-order valence-corrected chi connectivity index (χ4v) is 5.89. The maximum absolute atomic E-state index is 13.2. The standard InChI is InChI=1S/C30H32N4O3S/c1-2-3-7-24-10-16-28(17-11-24)38(35,36)34-22-20-33(21-23-34)30-31-19-18-29(32-30)25-12-14-27(15-13-25)37-26-8-5-4-6-9-26/h4-6,8-19H,2-3,7,20-23H2,1H3. The highest BCUT2D eigenvalue weighted by Gasteiger charge is 2.29. The summed E-state index contributed by atoms with van der Waals surface area (Å²) in [7, 11) is -3.53.